The Balaban J connectivity index is 2.22. The highest BCUT2D eigenvalue weighted by Gasteiger charge is 2.15. The first-order valence-electron chi connectivity index (χ1n) is 6.22. The number of ether oxygens (including phenoxy) is 1. The molecule has 5 nitrogen and oxygen atoms in total. The van der Waals surface area contributed by atoms with E-state index in [1.54, 1.807) is 0 Å². The Bertz CT molecular complexity index is 389. The minimum Gasteiger partial charge on any atom is -0.469 e. The van der Waals surface area contributed by atoms with Gasteiger partial charge in [0.15, 0.2) is 0 Å². The van der Waals surface area contributed by atoms with Crippen molar-refractivity contribution in [3.05, 3.63) is 12.2 Å². The van der Waals surface area contributed by atoms with Gasteiger partial charge in [0.2, 0.25) is 10.0 Å². The monoisotopic (exact) mass is 275 g/mol. The van der Waals surface area contributed by atoms with Gasteiger partial charge >= 0.3 is 5.97 Å². The van der Waals surface area contributed by atoms with Gasteiger partial charge < -0.3 is 4.74 Å². The highest BCUT2D eigenvalue weighted by molar-refractivity contribution is 7.89. The van der Waals surface area contributed by atoms with E-state index in [9.17, 15) is 13.2 Å². The van der Waals surface area contributed by atoms with Crippen LogP contribution < -0.4 is 4.72 Å². The van der Waals surface area contributed by atoms with Gasteiger partial charge in [0, 0.05) is 13.0 Å². The minimum absolute atomic E-state index is 0.0232. The average Bonchev–Trinajstić information content (AvgIpc) is 2.37. The molecule has 18 heavy (non-hydrogen) atoms. The van der Waals surface area contributed by atoms with Crippen LogP contribution in [0.5, 0.6) is 0 Å². The smallest absolute Gasteiger partial charge is 0.305 e. The second-order valence-electron chi connectivity index (χ2n) is 4.50. The summed E-state index contributed by atoms with van der Waals surface area (Å²) in [6.45, 7) is 0.491. The van der Waals surface area contributed by atoms with E-state index in [0.29, 0.717) is 18.9 Å². The molecule has 1 rings (SSSR count). The number of hydrogen-bond donors (Lipinski definition) is 1. The van der Waals surface area contributed by atoms with Crippen LogP contribution in [0.25, 0.3) is 0 Å². The Kier molecular flexibility index (Phi) is 6.35. The molecule has 1 aliphatic rings. The molecule has 0 aromatic heterocycles. The van der Waals surface area contributed by atoms with Crippen LogP contribution in [0.3, 0.4) is 0 Å². The number of hydrogen-bond acceptors (Lipinski definition) is 4. The molecule has 0 saturated heterocycles. The Morgan fingerprint density at radius 1 is 1.44 bits per heavy atom. The van der Waals surface area contributed by atoms with Crippen molar-refractivity contribution in [2.75, 3.05) is 19.4 Å². The van der Waals surface area contributed by atoms with Crippen molar-refractivity contribution in [3.63, 3.8) is 0 Å². The van der Waals surface area contributed by atoms with Crippen molar-refractivity contribution in [2.45, 2.75) is 32.1 Å². The third kappa shape index (κ3) is 6.16. The van der Waals surface area contributed by atoms with Crippen LogP contribution in [0, 0.1) is 5.92 Å². The maximum atomic E-state index is 11.7. The van der Waals surface area contributed by atoms with Crippen LogP contribution in [0.15, 0.2) is 12.2 Å². The second-order valence-corrected chi connectivity index (χ2v) is 6.42. The first-order valence-corrected chi connectivity index (χ1v) is 7.88. The lowest BCUT2D eigenvalue weighted by atomic mass is 9.95. The van der Waals surface area contributed by atoms with E-state index < -0.39 is 10.0 Å². The average molecular weight is 275 g/mol. The summed E-state index contributed by atoms with van der Waals surface area (Å²) in [6, 6.07) is 0. The van der Waals surface area contributed by atoms with Crippen LogP contribution in [0.1, 0.15) is 32.1 Å². The van der Waals surface area contributed by atoms with E-state index in [-0.39, 0.29) is 18.1 Å². The molecule has 1 N–H and O–H groups in total. The predicted octanol–water partition coefficient (Wildman–Crippen LogP) is 1.22. The Hall–Kier alpha value is -0.880. The standard InChI is InChI=1S/C12H21NO4S/c1-17-12(14)8-5-9-18(15,16)13-10-11-6-3-2-4-7-11/h2-3,11,13H,4-10H2,1H3. The molecule has 0 amide bonds. The van der Waals surface area contributed by atoms with Gasteiger partial charge in [0.1, 0.15) is 0 Å². The van der Waals surface area contributed by atoms with Crippen LogP contribution in [-0.2, 0) is 19.6 Å². The number of esters is 1. The minimum atomic E-state index is -3.27. The lowest BCUT2D eigenvalue weighted by Crippen LogP contribution is -2.31. The van der Waals surface area contributed by atoms with Gasteiger partial charge in [0.25, 0.3) is 0 Å². The van der Waals surface area contributed by atoms with E-state index in [0.717, 1.165) is 19.3 Å². The van der Waals surface area contributed by atoms with Crippen molar-refractivity contribution >= 4 is 16.0 Å². The van der Waals surface area contributed by atoms with Crippen LogP contribution in [0.4, 0.5) is 0 Å². The molecule has 0 aromatic carbocycles. The van der Waals surface area contributed by atoms with Crippen molar-refractivity contribution < 1.29 is 17.9 Å². The maximum Gasteiger partial charge on any atom is 0.305 e. The summed E-state index contributed by atoms with van der Waals surface area (Å²) < 4.78 is 30.4. The molecule has 1 aliphatic carbocycles. The number of methoxy groups -OCH3 is 1. The van der Waals surface area contributed by atoms with Gasteiger partial charge in [-0.05, 0) is 31.6 Å². The largest absolute Gasteiger partial charge is 0.469 e. The van der Waals surface area contributed by atoms with Crippen LogP contribution >= 0.6 is 0 Å². The van der Waals surface area contributed by atoms with Crippen LogP contribution in [0.2, 0.25) is 0 Å². The summed E-state index contributed by atoms with van der Waals surface area (Å²) in [5.74, 6) is -0.00186. The molecule has 1 unspecified atom stereocenters. The number of rotatable bonds is 7. The molecule has 0 spiro atoms. The van der Waals surface area contributed by atoms with E-state index in [2.05, 4.69) is 21.6 Å². The highest BCUT2D eigenvalue weighted by Crippen LogP contribution is 2.17. The van der Waals surface area contributed by atoms with Crippen molar-refractivity contribution in [3.8, 4) is 0 Å². The third-order valence-corrected chi connectivity index (χ3v) is 4.42. The van der Waals surface area contributed by atoms with E-state index in [1.165, 1.54) is 7.11 Å². The molecule has 104 valence electrons. The molecule has 0 heterocycles. The number of allylic oxidation sites excluding steroid dienone is 2. The first kappa shape index (κ1) is 15.2. The molecular weight excluding hydrogens is 254 g/mol. The Morgan fingerprint density at radius 2 is 2.22 bits per heavy atom. The first-order chi connectivity index (χ1) is 8.53. The van der Waals surface area contributed by atoms with E-state index in [4.69, 9.17) is 0 Å². The summed E-state index contributed by atoms with van der Waals surface area (Å²) in [7, 11) is -1.97. The molecule has 0 fully saturated rings. The van der Waals surface area contributed by atoms with E-state index >= 15 is 0 Å². The SMILES string of the molecule is COC(=O)CCCS(=O)(=O)NCC1CC=CCC1. The maximum absolute atomic E-state index is 11.7. The van der Waals surface area contributed by atoms with Crippen molar-refractivity contribution in [1.82, 2.24) is 4.72 Å². The highest BCUT2D eigenvalue weighted by atomic mass is 32.2. The normalized spacial score (nSPS) is 19.7. The van der Waals surface area contributed by atoms with Gasteiger partial charge in [-0.15, -0.1) is 0 Å². The molecule has 0 radical (unpaired) electrons. The van der Waals surface area contributed by atoms with Gasteiger partial charge in [-0.25, -0.2) is 13.1 Å². The van der Waals surface area contributed by atoms with E-state index in [1.807, 2.05) is 0 Å². The lowest BCUT2D eigenvalue weighted by molar-refractivity contribution is -0.140. The molecule has 0 saturated carbocycles. The zero-order valence-corrected chi connectivity index (χ0v) is 11.5. The summed E-state index contributed by atoms with van der Waals surface area (Å²) >= 11 is 0. The number of sulfonamides is 1. The van der Waals surface area contributed by atoms with Gasteiger partial charge in [0.05, 0.1) is 12.9 Å². The number of nitrogens with one attached hydrogen (secondary N) is 1. The molecular formula is C12H21NO4S. The van der Waals surface area contributed by atoms with Crippen molar-refractivity contribution in [2.24, 2.45) is 5.92 Å². The zero-order valence-electron chi connectivity index (χ0n) is 10.7. The zero-order chi connectivity index (χ0) is 13.4. The fraction of sp³-hybridized carbons (Fsp3) is 0.750. The lowest BCUT2D eigenvalue weighted by Gasteiger charge is -2.18. The topological polar surface area (TPSA) is 72.5 Å². The quantitative estimate of drug-likeness (QED) is 0.560. The summed E-state index contributed by atoms with van der Waals surface area (Å²) in [4.78, 5) is 10.9. The van der Waals surface area contributed by atoms with Gasteiger partial charge in [-0.3, -0.25) is 4.79 Å². The Morgan fingerprint density at radius 3 is 2.83 bits per heavy atom. The predicted molar refractivity (Wildman–Crippen MR) is 69.5 cm³/mol. The Labute approximate surface area is 109 Å². The molecule has 1 atom stereocenters. The summed E-state index contributed by atoms with van der Waals surface area (Å²) in [6.07, 6.45) is 7.65. The fourth-order valence-electron chi connectivity index (χ4n) is 1.87. The molecule has 6 heteroatoms. The molecule has 0 aliphatic heterocycles. The van der Waals surface area contributed by atoms with Crippen molar-refractivity contribution in [1.29, 1.82) is 0 Å². The van der Waals surface area contributed by atoms with Gasteiger partial charge in [-0.1, -0.05) is 12.2 Å². The van der Waals surface area contributed by atoms with Crippen LogP contribution in [-0.4, -0.2) is 33.8 Å². The molecule has 0 aromatic rings. The summed E-state index contributed by atoms with van der Waals surface area (Å²) in [5.41, 5.74) is 0. The molecule has 0 bridgehead atoms. The fourth-order valence-corrected chi connectivity index (χ4v) is 3.03. The van der Waals surface area contributed by atoms with Gasteiger partial charge in [-0.2, -0.15) is 0 Å². The number of carbonyl (C=O) groups is 1. The number of carbonyl (C=O) groups excluding carboxylic acids is 1. The second kappa shape index (κ2) is 7.53. The third-order valence-electron chi connectivity index (χ3n) is 2.99. The summed E-state index contributed by atoms with van der Waals surface area (Å²) in [5, 5.41) is 0.